The first kappa shape index (κ1) is 12.8. The summed E-state index contributed by atoms with van der Waals surface area (Å²) in [5, 5.41) is 3.02. The zero-order chi connectivity index (χ0) is 11.6. The molecular weight excluding hydrogens is 206 g/mol. The van der Waals surface area contributed by atoms with Gasteiger partial charge in [0.2, 0.25) is 0 Å². The van der Waals surface area contributed by atoms with Crippen LogP contribution in [0.1, 0.15) is 0 Å². The number of methoxy groups -OCH3 is 1. The minimum absolute atomic E-state index is 0.566. The molecule has 1 rings (SSSR count). The molecule has 1 N–H and O–H groups in total. The van der Waals surface area contributed by atoms with Gasteiger partial charge in [0.1, 0.15) is 24.7 Å². The molecular formula is C12H19NO3. The van der Waals surface area contributed by atoms with E-state index in [2.05, 4.69) is 5.32 Å². The van der Waals surface area contributed by atoms with Gasteiger partial charge in [-0.2, -0.15) is 0 Å². The van der Waals surface area contributed by atoms with Crippen LogP contribution in [-0.4, -0.2) is 40.5 Å². The van der Waals surface area contributed by atoms with E-state index in [-0.39, 0.29) is 0 Å². The number of hydrogen-bond donors (Lipinski definition) is 1. The molecule has 0 atom stereocenters. The van der Waals surface area contributed by atoms with Gasteiger partial charge >= 0.3 is 0 Å². The van der Waals surface area contributed by atoms with Crippen molar-refractivity contribution in [3.8, 4) is 11.5 Å². The molecule has 0 aliphatic rings. The Labute approximate surface area is 96.5 Å². The molecule has 0 bridgehead atoms. The Morgan fingerprint density at radius 1 is 0.938 bits per heavy atom. The standard InChI is InChI=1S/C12H19NO3/c1-13-7-8-15-11-3-5-12(6-4-11)16-10-9-14-2/h3-6,13H,7-10H2,1-2H3. The van der Waals surface area contributed by atoms with Gasteiger partial charge in [0.05, 0.1) is 6.61 Å². The van der Waals surface area contributed by atoms with E-state index in [1.165, 1.54) is 0 Å². The molecule has 4 nitrogen and oxygen atoms in total. The summed E-state index contributed by atoms with van der Waals surface area (Å²) in [6, 6.07) is 7.59. The Morgan fingerprint density at radius 2 is 1.50 bits per heavy atom. The van der Waals surface area contributed by atoms with Gasteiger partial charge in [0.25, 0.3) is 0 Å². The minimum atomic E-state index is 0.566. The zero-order valence-electron chi connectivity index (χ0n) is 9.86. The fraction of sp³-hybridized carbons (Fsp3) is 0.500. The van der Waals surface area contributed by atoms with Gasteiger partial charge in [-0.05, 0) is 31.3 Å². The number of likely N-dealkylation sites (N-methyl/N-ethyl adjacent to an activating group) is 1. The monoisotopic (exact) mass is 225 g/mol. The molecule has 1 aromatic carbocycles. The lowest BCUT2D eigenvalue weighted by Crippen LogP contribution is -2.15. The maximum Gasteiger partial charge on any atom is 0.119 e. The first-order valence-corrected chi connectivity index (χ1v) is 5.36. The van der Waals surface area contributed by atoms with Crippen molar-refractivity contribution in [2.45, 2.75) is 0 Å². The Kier molecular flexibility index (Phi) is 6.37. The fourth-order valence-electron chi connectivity index (χ4n) is 1.15. The van der Waals surface area contributed by atoms with Crippen LogP contribution in [0.5, 0.6) is 11.5 Å². The van der Waals surface area contributed by atoms with Crippen molar-refractivity contribution in [1.29, 1.82) is 0 Å². The van der Waals surface area contributed by atoms with Crippen molar-refractivity contribution in [2.24, 2.45) is 0 Å². The van der Waals surface area contributed by atoms with Crippen molar-refractivity contribution < 1.29 is 14.2 Å². The molecule has 0 amide bonds. The highest BCUT2D eigenvalue weighted by molar-refractivity contribution is 5.31. The molecule has 1 aromatic rings. The third kappa shape index (κ3) is 5.00. The van der Waals surface area contributed by atoms with Crippen molar-refractivity contribution in [3.05, 3.63) is 24.3 Å². The molecule has 0 radical (unpaired) electrons. The molecule has 0 aromatic heterocycles. The van der Waals surface area contributed by atoms with Gasteiger partial charge in [-0.15, -0.1) is 0 Å². The van der Waals surface area contributed by atoms with Gasteiger partial charge in [-0.1, -0.05) is 0 Å². The second-order valence-corrected chi connectivity index (χ2v) is 3.26. The predicted molar refractivity (Wildman–Crippen MR) is 63.2 cm³/mol. The zero-order valence-corrected chi connectivity index (χ0v) is 9.86. The summed E-state index contributed by atoms with van der Waals surface area (Å²) in [6.07, 6.45) is 0. The number of benzene rings is 1. The predicted octanol–water partition coefficient (Wildman–Crippen LogP) is 1.31. The summed E-state index contributed by atoms with van der Waals surface area (Å²) in [5.41, 5.74) is 0. The average molecular weight is 225 g/mol. The molecule has 0 spiro atoms. The van der Waals surface area contributed by atoms with Gasteiger partial charge in [-0.25, -0.2) is 0 Å². The van der Waals surface area contributed by atoms with Crippen LogP contribution in [0, 0.1) is 0 Å². The second-order valence-electron chi connectivity index (χ2n) is 3.26. The quantitative estimate of drug-likeness (QED) is 0.677. The number of nitrogens with one attached hydrogen (secondary N) is 1. The normalized spacial score (nSPS) is 10.1. The molecule has 0 saturated carbocycles. The number of hydrogen-bond acceptors (Lipinski definition) is 4. The molecule has 0 heterocycles. The second kappa shape index (κ2) is 7.96. The summed E-state index contributed by atoms with van der Waals surface area (Å²) in [4.78, 5) is 0. The van der Waals surface area contributed by atoms with Crippen LogP contribution in [0.15, 0.2) is 24.3 Å². The van der Waals surface area contributed by atoms with Crippen LogP contribution in [0.3, 0.4) is 0 Å². The summed E-state index contributed by atoms with van der Waals surface area (Å²) in [5.74, 6) is 1.69. The van der Waals surface area contributed by atoms with Crippen molar-refractivity contribution in [2.75, 3.05) is 40.5 Å². The molecule has 16 heavy (non-hydrogen) atoms. The maximum atomic E-state index is 5.48. The van der Waals surface area contributed by atoms with Crippen LogP contribution in [0.2, 0.25) is 0 Å². The Bertz CT molecular complexity index is 245. The Morgan fingerprint density at radius 3 is 2.00 bits per heavy atom. The highest BCUT2D eigenvalue weighted by atomic mass is 16.5. The fourth-order valence-corrected chi connectivity index (χ4v) is 1.15. The first-order chi connectivity index (χ1) is 7.86. The minimum Gasteiger partial charge on any atom is -0.492 e. The van der Waals surface area contributed by atoms with E-state index < -0.39 is 0 Å². The van der Waals surface area contributed by atoms with E-state index in [9.17, 15) is 0 Å². The highest BCUT2D eigenvalue weighted by Crippen LogP contribution is 2.17. The van der Waals surface area contributed by atoms with Crippen LogP contribution in [0.4, 0.5) is 0 Å². The molecule has 0 aliphatic carbocycles. The Hall–Kier alpha value is -1.26. The SMILES string of the molecule is CNCCOc1ccc(OCCOC)cc1. The topological polar surface area (TPSA) is 39.7 Å². The lowest BCUT2D eigenvalue weighted by molar-refractivity contribution is 0.146. The van der Waals surface area contributed by atoms with Crippen molar-refractivity contribution >= 4 is 0 Å². The van der Waals surface area contributed by atoms with E-state index in [0.29, 0.717) is 19.8 Å². The van der Waals surface area contributed by atoms with Crippen LogP contribution in [-0.2, 0) is 4.74 Å². The summed E-state index contributed by atoms with van der Waals surface area (Å²) >= 11 is 0. The highest BCUT2D eigenvalue weighted by Gasteiger charge is 1.95. The maximum absolute atomic E-state index is 5.48. The van der Waals surface area contributed by atoms with Crippen molar-refractivity contribution in [3.63, 3.8) is 0 Å². The molecule has 0 fully saturated rings. The van der Waals surface area contributed by atoms with Crippen LogP contribution >= 0.6 is 0 Å². The van der Waals surface area contributed by atoms with Gasteiger partial charge in [0, 0.05) is 13.7 Å². The van der Waals surface area contributed by atoms with E-state index in [0.717, 1.165) is 18.0 Å². The third-order valence-corrected chi connectivity index (χ3v) is 2.00. The molecule has 0 aliphatic heterocycles. The van der Waals surface area contributed by atoms with Gasteiger partial charge in [0.15, 0.2) is 0 Å². The lowest BCUT2D eigenvalue weighted by Gasteiger charge is -2.08. The average Bonchev–Trinajstić information content (AvgIpc) is 2.32. The molecule has 90 valence electrons. The van der Waals surface area contributed by atoms with Crippen LogP contribution < -0.4 is 14.8 Å². The van der Waals surface area contributed by atoms with E-state index >= 15 is 0 Å². The largest absolute Gasteiger partial charge is 0.492 e. The molecule has 0 saturated heterocycles. The van der Waals surface area contributed by atoms with Gasteiger partial charge in [-0.3, -0.25) is 0 Å². The molecule has 0 unspecified atom stereocenters. The van der Waals surface area contributed by atoms with E-state index in [1.54, 1.807) is 7.11 Å². The van der Waals surface area contributed by atoms with E-state index in [4.69, 9.17) is 14.2 Å². The summed E-state index contributed by atoms with van der Waals surface area (Å²) in [6.45, 7) is 2.67. The van der Waals surface area contributed by atoms with Crippen LogP contribution in [0.25, 0.3) is 0 Å². The summed E-state index contributed by atoms with van der Waals surface area (Å²) in [7, 11) is 3.55. The third-order valence-electron chi connectivity index (χ3n) is 2.00. The lowest BCUT2D eigenvalue weighted by atomic mass is 10.3. The first-order valence-electron chi connectivity index (χ1n) is 5.36. The smallest absolute Gasteiger partial charge is 0.119 e. The summed E-state index contributed by atoms with van der Waals surface area (Å²) < 4.78 is 15.8. The molecule has 4 heteroatoms. The Balaban J connectivity index is 2.30. The van der Waals surface area contributed by atoms with E-state index in [1.807, 2.05) is 31.3 Å². The number of rotatable bonds is 8. The van der Waals surface area contributed by atoms with Gasteiger partial charge < -0.3 is 19.5 Å². The number of ether oxygens (including phenoxy) is 3. The van der Waals surface area contributed by atoms with Crippen molar-refractivity contribution in [1.82, 2.24) is 5.32 Å².